The Labute approximate surface area is 127 Å². The fourth-order valence-corrected chi connectivity index (χ4v) is 2.22. The van der Waals surface area contributed by atoms with Crippen molar-refractivity contribution in [2.45, 2.75) is 20.4 Å². The van der Waals surface area contributed by atoms with Gasteiger partial charge in [0, 0.05) is 18.8 Å². The van der Waals surface area contributed by atoms with E-state index in [0.717, 1.165) is 24.4 Å². The van der Waals surface area contributed by atoms with Gasteiger partial charge in [0.25, 0.3) is 0 Å². The van der Waals surface area contributed by atoms with Gasteiger partial charge in [-0.15, -0.1) is 0 Å². The third-order valence-corrected chi connectivity index (χ3v) is 3.57. The Hall–Kier alpha value is -2.00. The number of likely N-dealkylation sites (N-methyl/N-ethyl adjacent to an activating group) is 1. The molecule has 3 nitrogen and oxygen atoms in total. The molecule has 0 bridgehead atoms. The van der Waals surface area contributed by atoms with E-state index in [0.29, 0.717) is 13.2 Å². The molecule has 21 heavy (non-hydrogen) atoms. The van der Waals surface area contributed by atoms with E-state index >= 15 is 0 Å². The molecule has 0 amide bonds. The van der Waals surface area contributed by atoms with Gasteiger partial charge >= 0.3 is 0 Å². The molecule has 3 heteroatoms. The summed E-state index contributed by atoms with van der Waals surface area (Å²) in [5, 5.41) is 0. The first-order chi connectivity index (χ1) is 10.2. The molecule has 0 fully saturated rings. The van der Waals surface area contributed by atoms with Gasteiger partial charge in [-0.05, 0) is 43.7 Å². The summed E-state index contributed by atoms with van der Waals surface area (Å²) >= 11 is 0. The standard InChI is InChI=1S/C18H24N2O/c1-3-20(17-8-4-15(2)5-9-17)12-13-21-18-10-6-16(14-19)7-11-18/h4-11H,3,12-14,19H2,1-2H3. The molecule has 0 unspecified atom stereocenters. The van der Waals surface area contributed by atoms with Crippen LogP contribution >= 0.6 is 0 Å². The smallest absolute Gasteiger partial charge is 0.119 e. The lowest BCUT2D eigenvalue weighted by Crippen LogP contribution is -2.28. The van der Waals surface area contributed by atoms with Crippen LogP contribution in [0.1, 0.15) is 18.1 Å². The number of benzene rings is 2. The number of hydrogen-bond donors (Lipinski definition) is 1. The highest BCUT2D eigenvalue weighted by atomic mass is 16.5. The van der Waals surface area contributed by atoms with E-state index < -0.39 is 0 Å². The third-order valence-electron chi connectivity index (χ3n) is 3.57. The molecule has 0 aliphatic carbocycles. The van der Waals surface area contributed by atoms with E-state index in [1.165, 1.54) is 11.3 Å². The van der Waals surface area contributed by atoms with Gasteiger partial charge in [-0.2, -0.15) is 0 Å². The largest absolute Gasteiger partial charge is 0.492 e. The van der Waals surface area contributed by atoms with Gasteiger partial charge in [0.2, 0.25) is 0 Å². The normalized spacial score (nSPS) is 10.4. The summed E-state index contributed by atoms with van der Waals surface area (Å²) in [6.45, 7) is 7.35. The van der Waals surface area contributed by atoms with Gasteiger partial charge in [-0.1, -0.05) is 29.8 Å². The zero-order valence-corrected chi connectivity index (χ0v) is 12.9. The van der Waals surface area contributed by atoms with Gasteiger partial charge in [0.15, 0.2) is 0 Å². The molecule has 2 aromatic rings. The van der Waals surface area contributed by atoms with Crippen LogP contribution in [-0.2, 0) is 6.54 Å². The Bertz CT molecular complexity index is 534. The van der Waals surface area contributed by atoms with Crippen LogP contribution in [0.2, 0.25) is 0 Å². The molecule has 2 aromatic carbocycles. The summed E-state index contributed by atoms with van der Waals surface area (Å²) in [6, 6.07) is 16.6. The van der Waals surface area contributed by atoms with Crippen LogP contribution in [0.4, 0.5) is 5.69 Å². The zero-order valence-electron chi connectivity index (χ0n) is 12.9. The topological polar surface area (TPSA) is 38.5 Å². The van der Waals surface area contributed by atoms with Crippen molar-refractivity contribution in [1.82, 2.24) is 0 Å². The van der Waals surface area contributed by atoms with Gasteiger partial charge < -0.3 is 15.4 Å². The minimum absolute atomic E-state index is 0.567. The highest BCUT2D eigenvalue weighted by Crippen LogP contribution is 2.15. The van der Waals surface area contributed by atoms with Gasteiger partial charge in [0.1, 0.15) is 12.4 Å². The Balaban J connectivity index is 1.86. The molecule has 0 spiro atoms. The summed E-state index contributed by atoms with van der Waals surface area (Å²) in [4.78, 5) is 2.31. The maximum absolute atomic E-state index is 5.80. The molecule has 112 valence electrons. The van der Waals surface area contributed by atoms with Crippen molar-refractivity contribution >= 4 is 5.69 Å². The van der Waals surface area contributed by atoms with Crippen molar-refractivity contribution in [1.29, 1.82) is 0 Å². The predicted octanol–water partition coefficient (Wildman–Crippen LogP) is 3.36. The fraction of sp³-hybridized carbons (Fsp3) is 0.333. The summed E-state index contributed by atoms with van der Waals surface area (Å²) in [5.74, 6) is 0.896. The van der Waals surface area contributed by atoms with E-state index in [1.54, 1.807) is 0 Å². The number of anilines is 1. The third kappa shape index (κ3) is 4.50. The van der Waals surface area contributed by atoms with E-state index in [2.05, 4.69) is 43.0 Å². The van der Waals surface area contributed by atoms with E-state index in [1.807, 2.05) is 24.3 Å². The fourth-order valence-electron chi connectivity index (χ4n) is 2.22. The molecular weight excluding hydrogens is 260 g/mol. The first kappa shape index (κ1) is 15.4. The van der Waals surface area contributed by atoms with Crippen LogP contribution in [0.5, 0.6) is 5.75 Å². The first-order valence-corrected chi connectivity index (χ1v) is 7.46. The number of nitrogens with zero attached hydrogens (tertiary/aromatic N) is 1. The van der Waals surface area contributed by atoms with E-state index in [-0.39, 0.29) is 0 Å². The molecule has 0 aliphatic heterocycles. The second-order valence-electron chi connectivity index (χ2n) is 5.11. The van der Waals surface area contributed by atoms with Crippen LogP contribution < -0.4 is 15.4 Å². The second kappa shape index (κ2) is 7.70. The monoisotopic (exact) mass is 284 g/mol. The van der Waals surface area contributed by atoms with Crippen LogP contribution in [-0.4, -0.2) is 19.7 Å². The van der Waals surface area contributed by atoms with Gasteiger partial charge in [-0.3, -0.25) is 0 Å². The summed E-state index contributed by atoms with van der Waals surface area (Å²) in [7, 11) is 0. The van der Waals surface area contributed by atoms with Crippen LogP contribution in [0.25, 0.3) is 0 Å². The lowest BCUT2D eigenvalue weighted by atomic mass is 10.2. The van der Waals surface area contributed by atoms with Crippen molar-refractivity contribution < 1.29 is 4.74 Å². The molecule has 0 radical (unpaired) electrons. The number of nitrogens with two attached hydrogens (primary N) is 1. The van der Waals surface area contributed by atoms with Crippen LogP contribution in [0.15, 0.2) is 48.5 Å². The summed E-state index contributed by atoms with van der Waals surface area (Å²) in [6.07, 6.45) is 0. The van der Waals surface area contributed by atoms with Crippen molar-refractivity contribution in [3.63, 3.8) is 0 Å². The summed E-state index contributed by atoms with van der Waals surface area (Å²) < 4.78 is 5.80. The van der Waals surface area contributed by atoms with Crippen molar-refractivity contribution in [3.05, 3.63) is 59.7 Å². The van der Waals surface area contributed by atoms with Gasteiger partial charge in [-0.25, -0.2) is 0 Å². The van der Waals surface area contributed by atoms with Crippen LogP contribution in [0.3, 0.4) is 0 Å². The highest BCUT2D eigenvalue weighted by Gasteiger charge is 2.04. The number of aryl methyl sites for hydroxylation is 1. The van der Waals surface area contributed by atoms with Gasteiger partial charge in [0.05, 0.1) is 6.54 Å². The Morgan fingerprint density at radius 3 is 2.24 bits per heavy atom. The van der Waals surface area contributed by atoms with E-state index in [4.69, 9.17) is 10.5 Å². The quantitative estimate of drug-likeness (QED) is 0.847. The van der Waals surface area contributed by atoms with Crippen molar-refractivity contribution in [2.75, 3.05) is 24.6 Å². The maximum atomic E-state index is 5.80. The maximum Gasteiger partial charge on any atom is 0.119 e. The summed E-state index contributed by atoms with van der Waals surface area (Å²) in [5.41, 5.74) is 9.23. The van der Waals surface area contributed by atoms with Crippen molar-refractivity contribution in [3.8, 4) is 5.75 Å². The zero-order chi connectivity index (χ0) is 15.1. The minimum Gasteiger partial charge on any atom is -0.492 e. The lowest BCUT2D eigenvalue weighted by molar-refractivity contribution is 0.324. The van der Waals surface area contributed by atoms with E-state index in [9.17, 15) is 0 Å². The molecule has 2 rings (SSSR count). The molecule has 0 atom stereocenters. The minimum atomic E-state index is 0.567. The molecular formula is C18H24N2O. The Morgan fingerprint density at radius 2 is 1.67 bits per heavy atom. The average Bonchev–Trinajstić information content (AvgIpc) is 2.53. The predicted molar refractivity (Wildman–Crippen MR) is 88.9 cm³/mol. The molecule has 0 heterocycles. The Morgan fingerprint density at radius 1 is 1.00 bits per heavy atom. The lowest BCUT2D eigenvalue weighted by Gasteiger charge is -2.23. The average molecular weight is 284 g/mol. The Kier molecular flexibility index (Phi) is 5.64. The SMILES string of the molecule is CCN(CCOc1ccc(CN)cc1)c1ccc(C)cc1. The number of ether oxygens (including phenoxy) is 1. The highest BCUT2D eigenvalue weighted by molar-refractivity contribution is 5.47. The molecule has 0 saturated carbocycles. The molecule has 0 saturated heterocycles. The van der Waals surface area contributed by atoms with Crippen LogP contribution in [0, 0.1) is 6.92 Å². The first-order valence-electron chi connectivity index (χ1n) is 7.46. The number of hydrogen-bond acceptors (Lipinski definition) is 3. The molecule has 0 aromatic heterocycles. The molecule has 0 aliphatic rings. The second-order valence-corrected chi connectivity index (χ2v) is 5.11. The number of rotatable bonds is 7. The molecule has 2 N–H and O–H groups in total. The van der Waals surface area contributed by atoms with Crippen molar-refractivity contribution in [2.24, 2.45) is 5.73 Å².